The van der Waals surface area contributed by atoms with Gasteiger partial charge in [-0.3, -0.25) is 0 Å². The molecule has 84 valence electrons. The summed E-state index contributed by atoms with van der Waals surface area (Å²) in [4.78, 5) is 0. The first-order chi connectivity index (χ1) is 6.86. The minimum atomic E-state index is 0.00917. The molecule has 1 fully saturated rings. The predicted molar refractivity (Wildman–Crippen MR) is 57.3 cm³/mol. The first-order valence-corrected chi connectivity index (χ1v) is 5.80. The van der Waals surface area contributed by atoms with Crippen LogP contribution in [0.15, 0.2) is 0 Å². The van der Waals surface area contributed by atoms with E-state index in [1.807, 2.05) is 13.8 Å². The van der Waals surface area contributed by atoms with Crippen LogP contribution in [0.5, 0.6) is 0 Å². The number of nitrogens with one attached hydrogen (secondary N) is 1. The maximum absolute atomic E-state index is 5.54. The van der Waals surface area contributed by atoms with Crippen molar-refractivity contribution >= 4 is 0 Å². The fraction of sp³-hybridized carbons (Fsp3) is 1.00. The van der Waals surface area contributed by atoms with Crippen molar-refractivity contribution in [3.05, 3.63) is 0 Å². The summed E-state index contributed by atoms with van der Waals surface area (Å²) in [6.07, 6.45) is 3.64. The molecule has 3 nitrogen and oxygen atoms in total. The second-order valence-electron chi connectivity index (χ2n) is 3.79. The van der Waals surface area contributed by atoms with Crippen LogP contribution in [0.25, 0.3) is 0 Å². The van der Waals surface area contributed by atoms with Gasteiger partial charge in [0, 0.05) is 19.6 Å². The van der Waals surface area contributed by atoms with E-state index >= 15 is 0 Å². The summed E-state index contributed by atoms with van der Waals surface area (Å²) in [5.74, 6) is 0.729. The van der Waals surface area contributed by atoms with Gasteiger partial charge < -0.3 is 14.8 Å². The first kappa shape index (κ1) is 12.0. The molecular formula is C11H23NO2. The molecule has 1 N–H and O–H groups in total. The Labute approximate surface area is 87.2 Å². The second-order valence-corrected chi connectivity index (χ2v) is 3.79. The van der Waals surface area contributed by atoms with Crippen LogP contribution in [0.3, 0.4) is 0 Å². The van der Waals surface area contributed by atoms with Gasteiger partial charge in [-0.25, -0.2) is 0 Å². The molecule has 0 aromatic carbocycles. The van der Waals surface area contributed by atoms with E-state index in [-0.39, 0.29) is 6.29 Å². The molecule has 1 heterocycles. The summed E-state index contributed by atoms with van der Waals surface area (Å²) in [6.45, 7) is 7.81. The van der Waals surface area contributed by atoms with Gasteiger partial charge in [-0.05, 0) is 45.7 Å². The van der Waals surface area contributed by atoms with Crippen LogP contribution in [-0.4, -0.2) is 32.6 Å². The van der Waals surface area contributed by atoms with Gasteiger partial charge in [-0.15, -0.1) is 0 Å². The van der Waals surface area contributed by atoms with E-state index < -0.39 is 0 Å². The molecule has 0 radical (unpaired) electrons. The summed E-state index contributed by atoms with van der Waals surface area (Å²) in [5, 5.41) is 3.41. The maximum atomic E-state index is 5.54. The highest BCUT2D eigenvalue weighted by atomic mass is 16.7. The van der Waals surface area contributed by atoms with Crippen LogP contribution in [0.1, 0.15) is 33.1 Å². The normalized spacial score (nSPS) is 22.9. The second kappa shape index (κ2) is 7.21. The Kier molecular flexibility index (Phi) is 6.15. The molecule has 14 heavy (non-hydrogen) atoms. The zero-order valence-corrected chi connectivity index (χ0v) is 9.42. The largest absolute Gasteiger partial charge is 0.353 e. The molecule has 1 aliphatic rings. The topological polar surface area (TPSA) is 30.5 Å². The summed E-state index contributed by atoms with van der Waals surface area (Å²) < 4.78 is 11.1. The van der Waals surface area contributed by atoms with E-state index in [2.05, 4.69) is 5.32 Å². The fourth-order valence-corrected chi connectivity index (χ4v) is 1.95. The quantitative estimate of drug-likeness (QED) is 0.664. The van der Waals surface area contributed by atoms with Crippen molar-refractivity contribution in [1.29, 1.82) is 0 Å². The molecule has 0 aromatic rings. The van der Waals surface area contributed by atoms with Gasteiger partial charge >= 0.3 is 0 Å². The number of rotatable bonds is 6. The van der Waals surface area contributed by atoms with E-state index in [4.69, 9.17) is 9.47 Å². The lowest BCUT2D eigenvalue weighted by molar-refractivity contribution is -0.146. The van der Waals surface area contributed by atoms with Gasteiger partial charge in [0.1, 0.15) is 0 Å². The van der Waals surface area contributed by atoms with E-state index in [9.17, 15) is 0 Å². The van der Waals surface area contributed by atoms with Crippen molar-refractivity contribution in [2.24, 2.45) is 5.92 Å². The molecule has 0 aliphatic carbocycles. The zero-order chi connectivity index (χ0) is 10.2. The zero-order valence-electron chi connectivity index (χ0n) is 9.42. The van der Waals surface area contributed by atoms with E-state index in [1.54, 1.807) is 0 Å². The summed E-state index contributed by atoms with van der Waals surface area (Å²) in [5.41, 5.74) is 0. The third kappa shape index (κ3) is 4.40. The molecule has 0 aromatic heterocycles. The van der Waals surface area contributed by atoms with E-state index in [1.165, 1.54) is 19.4 Å². The first-order valence-electron chi connectivity index (χ1n) is 5.80. The third-order valence-electron chi connectivity index (χ3n) is 2.63. The van der Waals surface area contributed by atoms with Gasteiger partial charge in [0.05, 0.1) is 0 Å². The van der Waals surface area contributed by atoms with Gasteiger partial charge in [0.25, 0.3) is 0 Å². The SMILES string of the molecule is CCOC(CC1CCCNC1)OCC. The third-order valence-corrected chi connectivity index (χ3v) is 2.63. The monoisotopic (exact) mass is 201 g/mol. The fourth-order valence-electron chi connectivity index (χ4n) is 1.95. The lowest BCUT2D eigenvalue weighted by Gasteiger charge is -2.26. The highest BCUT2D eigenvalue weighted by Gasteiger charge is 2.18. The number of piperidine rings is 1. The van der Waals surface area contributed by atoms with Crippen molar-refractivity contribution in [3.63, 3.8) is 0 Å². The smallest absolute Gasteiger partial charge is 0.157 e. The van der Waals surface area contributed by atoms with Crippen LogP contribution in [0, 0.1) is 5.92 Å². The van der Waals surface area contributed by atoms with E-state index in [0.717, 1.165) is 32.1 Å². The summed E-state index contributed by atoms with van der Waals surface area (Å²) in [6, 6.07) is 0. The van der Waals surface area contributed by atoms with Crippen LogP contribution in [0.4, 0.5) is 0 Å². The van der Waals surface area contributed by atoms with Crippen LogP contribution < -0.4 is 5.32 Å². The Morgan fingerprint density at radius 1 is 1.29 bits per heavy atom. The average Bonchev–Trinajstić information content (AvgIpc) is 2.20. The van der Waals surface area contributed by atoms with E-state index in [0.29, 0.717) is 0 Å². The molecule has 1 rings (SSSR count). The van der Waals surface area contributed by atoms with Gasteiger partial charge in [-0.2, -0.15) is 0 Å². The summed E-state index contributed by atoms with van der Waals surface area (Å²) in [7, 11) is 0. The molecule has 1 atom stereocenters. The lowest BCUT2D eigenvalue weighted by Crippen LogP contribution is -2.33. The molecule has 1 saturated heterocycles. The Morgan fingerprint density at radius 3 is 2.50 bits per heavy atom. The number of ether oxygens (including phenoxy) is 2. The van der Waals surface area contributed by atoms with Gasteiger partial charge in [-0.1, -0.05) is 0 Å². The molecule has 1 aliphatic heterocycles. The van der Waals surface area contributed by atoms with Crippen molar-refractivity contribution in [3.8, 4) is 0 Å². The Bertz CT molecular complexity index is 129. The number of hydrogen-bond acceptors (Lipinski definition) is 3. The van der Waals surface area contributed by atoms with Crippen molar-refractivity contribution in [1.82, 2.24) is 5.32 Å². The molecule has 0 spiro atoms. The standard InChI is InChI=1S/C11H23NO2/c1-3-13-11(14-4-2)8-10-6-5-7-12-9-10/h10-12H,3-9H2,1-2H3. The highest BCUT2D eigenvalue weighted by molar-refractivity contribution is 4.70. The molecule has 1 unspecified atom stereocenters. The van der Waals surface area contributed by atoms with Crippen molar-refractivity contribution in [2.75, 3.05) is 26.3 Å². The van der Waals surface area contributed by atoms with Crippen LogP contribution >= 0.6 is 0 Å². The molecule has 3 heteroatoms. The lowest BCUT2D eigenvalue weighted by atomic mass is 9.96. The molecule has 0 saturated carbocycles. The van der Waals surface area contributed by atoms with Gasteiger partial charge in [0.2, 0.25) is 0 Å². The van der Waals surface area contributed by atoms with Crippen LogP contribution in [0.2, 0.25) is 0 Å². The van der Waals surface area contributed by atoms with Crippen molar-refractivity contribution in [2.45, 2.75) is 39.4 Å². The highest BCUT2D eigenvalue weighted by Crippen LogP contribution is 2.18. The average molecular weight is 201 g/mol. The maximum Gasteiger partial charge on any atom is 0.157 e. The predicted octanol–water partition coefficient (Wildman–Crippen LogP) is 1.78. The Hall–Kier alpha value is -0.120. The minimum absolute atomic E-state index is 0.00917. The van der Waals surface area contributed by atoms with Crippen LogP contribution in [-0.2, 0) is 9.47 Å². The number of hydrogen-bond donors (Lipinski definition) is 1. The summed E-state index contributed by atoms with van der Waals surface area (Å²) >= 11 is 0. The van der Waals surface area contributed by atoms with Crippen molar-refractivity contribution < 1.29 is 9.47 Å². The molecule has 0 bridgehead atoms. The van der Waals surface area contributed by atoms with Gasteiger partial charge in [0.15, 0.2) is 6.29 Å². The Balaban J connectivity index is 2.21. The minimum Gasteiger partial charge on any atom is -0.353 e. The molecule has 0 amide bonds. The Morgan fingerprint density at radius 2 is 2.00 bits per heavy atom. The molecular weight excluding hydrogens is 178 g/mol.